The summed E-state index contributed by atoms with van der Waals surface area (Å²) >= 11 is 0. The molecule has 2 heteroatoms. The molecule has 0 heterocycles. The van der Waals surface area contributed by atoms with Crippen molar-refractivity contribution in [3.05, 3.63) is 0 Å². The van der Waals surface area contributed by atoms with E-state index in [2.05, 4.69) is 6.92 Å². The molecule has 0 aromatic carbocycles. The van der Waals surface area contributed by atoms with Crippen molar-refractivity contribution in [1.82, 2.24) is 0 Å². The van der Waals surface area contributed by atoms with E-state index in [4.69, 9.17) is 0 Å². The largest absolute Gasteiger partial charge is 0.303 e. The van der Waals surface area contributed by atoms with E-state index in [-0.39, 0.29) is 21.7 Å². The van der Waals surface area contributed by atoms with Crippen LogP contribution in [0.15, 0.2) is 0 Å². The van der Waals surface area contributed by atoms with Crippen LogP contribution in [0.25, 0.3) is 0 Å². The van der Waals surface area contributed by atoms with Gasteiger partial charge in [0.25, 0.3) is 0 Å². The molecule has 0 N–H and O–H groups in total. The zero-order valence-electron chi connectivity index (χ0n) is 11.0. The number of carbonyl (C=O) groups is 1. The van der Waals surface area contributed by atoms with Crippen LogP contribution < -0.4 is 0 Å². The topological polar surface area (TPSA) is 17.1 Å². The van der Waals surface area contributed by atoms with E-state index in [9.17, 15) is 4.79 Å². The molecule has 0 aliphatic carbocycles. The molecule has 0 aliphatic heterocycles. The maximum Gasteiger partial charge on any atom is 0.119 e. The minimum atomic E-state index is 0. The first-order valence-electron chi connectivity index (χ1n) is 6.85. The van der Waals surface area contributed by atoms with Crippen LogP contribution in [0.1, 0.15) is 84.0 Å². The number of hydrogen-bond acceptors (Lipinski definition) is 1. The van der Waals surface area contributed by atoms with Gasteiger partial charge in [0.15, 0.2) is 0 Å². The molecular weight excluding hydrogens is 232 g/mol. The fraction of sp³-hybridized carbons (Fsp3) is 0.929. The molecular formula is C14H28OTi. The normalized spacial score (nSPS) is 9.81. The van der Waals surface area contributed by atoms with Gasteiger partial charge in [-0.25, -0.2) is 0 Å². The Morgan fingerprint density at radius 1 is 0.688 bits per heavy atom. The summed E-state index contributed by atoms with van der Waals surface area (Å²) in [5, 5.41) is 0. The van der Waals surface area contributed by atoms with Crippen molar-refractivity contribution >= 4 is 6.29 Å². The molecule has 0 amide bonds. The average molecular weight is 260 g/mol. The summed E-state index contributed by atoms with van der Waals surface area (Å²) in [4.78, 5) is 10.1. The summed E-state index contributed by atoms with van der Waals surface area (Å²) in [6, 6.07) is 0. The summed E-state index contributed by atoms with van der Waals surface area (Å²) in [7, 11) is 0. The van der Waals surface area contributed by atoms with E-state index in [1.54, 1.807) is 0 Å². The second-order valence-corrected chi connectivity index (χ2v) is 4.49. The molecule has 0 unspecified atom stereocenters. The summed E-state index contributed by atoms with van der Waals surface area (Å²) < 4.78 is 0. The monoisotopic (exact) mass is 260 g/mol. The van der Waals surface area contributed by atoms with E-state index in [1.165, 1.54) is 64.2 Å². The standard InChI is InChI=1S/C14H28O.Ti/c1-2-3-4-5-6-7-8-9-10-11-12-13-14-15;/h14H,2-13H2,1H3;. The predicted octanol–water partition coefficient (Wildman–Crippen LogP) is 4.88. The van der Waals surface area contributed by atoms with Gasteiger partial charge in [-0.15, -0.1) is 0 Å². The smallest absolute Gasteiger partial charge is 0.119 e. The van der Waals surface area contributed by atoms with Crippen molar-refractivity contribution in [3.8, 4) is 0 Å². The molecule has 0 aromatic rings. The van der Waals surface area contributed by atoms with Gasteiger partial charge < -0.3 is 4.79 Å². The van der Waals surface area contributed by atoms with Gasteiger partial charge >= 0.3 is 0 Å². The van der Waals surface area contributed by atoms with Crippen molar-refractivity contribution in [3.63, 3.8) is 0 Å². The molecule has 0 atom stereocenters. The van der Waals surface area contributed by atoms with E-state index in [0.717, 1.165) is 19.1 Å². The van der Waals surface area contributed by atoms with Gasteiger partial charge in [0.2, 0.25) is 0 Å². The Kier molecular flexibility index (Phi) is 20.8. The first kappa shape index (κ1) is 18.7. The van der Waals surface area contributed by atoms with Crippen molar-refractivity contribution in [2.45, 2.75) is 84.0 Å². The first-order chi connectivity index (χ1) is 7.41. The van der Waals surface area contributed by atoms with Crippen molar-refractivity contribution in [2.24, 2.45) is 0 Å². The zero-order chi connectivity index (χ0) is 11.2. The molecule has 94 valence electrons. The van der Waals surface area contributed by atoms with Crippen LogP contribution in [-0.2, 0) is 26.5 Å². The predicted molar refractivity (Wildman–Crippen MR) is 67.1 cm³/mol. The second kappa shape index (κ2) is 17.8. The Bertz CT molecular complexity index is 126. The molecule has 16 heavy (non-hydrogen) atoms. The van der Waals surface area contributed by atoms with Gasteiger partial charge in [-0.2, -0.15) is 0 Å². The van der Waals surface area contributed by atoms with Gasteiger partial charge in [-0.1, -0.05) is 71.1 Å². The van der Waals surface area contributed by atoms with Crippen molar-refractivity contribution in [1.29, 1.82) is 0 Å². The van der Waals surface area contributed by atoms with Gasteiger partial charge in [0.1, 0.15) is 6.29 Å². The SMILES string of the molecule is CCCCCCCCCCCCCC=O.[Ti]. The van der Waals surface area contributed by atoms with Gasteiger partial charge in [-0.3, -0.25) is 0 Å². The second-order valence-electron chi connectivity index (χ2n) is 4.49. The Morgan fingerprint density at radius 2 is 1.06 bits per heavy atom. The number of unbranched alkanes of at least 4 members (excludes halogenated alkanes) is 11. The van der Waals surface area contributed by atoms with Crippen molar-refractivity contribution < 1.29 is 26.5 Å². The molecule has 0 saturated heterocycles. The van der Waals surface area contributed by atoms with Crippen LogP contribution in [0, 0.1) is 0 Å². The Balaban J connectivity index is 0. The molecule has 0 fully saturated rings. The van der Waals surface area contributed by atoms with E-state index in [0.29, 0.717) is 0 Å². The average Bonchev–Trinajstić information content (AvgIpc) is 2.26. The van der Waals surface area contributed by atoms with E-state index < -0.39 is 0 Å². The molecule has 0 saturated carbocycles. The molecule has 0 rings (SSSR count). The van der Waals surface area contributed by atoms with Gasteiger partial charge in [0.05, 0.1) is 0 Å². The van der Waals surface area contributed by atoms with Crippen LogP contribution in [0.3, 0.4) is 0 Å². The molecule has 1 nitrogen and oxygen atoms in total. The summed E-state index contributed by atoms with van der Waals surface area (Å²) in [6.07, 6.45) is 16.7. The maximum atomic E-state index is 10.1. The number of rotatable bonds is 12. The number of hydrogen-bond donors (Lipinski definition) is 0. The number of carbonyl (C=O) groups excluding carboxylic acids is 1. The summed E-state index contributed by atoms with van der Waals surface area (Å²) in [5.74, 6) is 0. The molecule has 0 aliphatic rings. The third kappa shape index (κ3) is 16.8. The molecule has 0 aromatic heterocycles. The van der Waals surface area contributed by atoms with E-state index >= 15 is 0 Å². The fourth-order valence-electron chi connectivity index (χ4n) is 1.89. The van der Waals surface area contributed by atoms with Crippen LogP contribution >= 0.6 is 0 Å². The maximum absolute atomic E-state index is 10.1. The van der Waals surface area contributed by atoms with E-state index in [1.807, 2.05) is 0 Å². The minimum absolute atomic E-state index is 0. The van der Waals surface area contributed by atoms with Gasteiger partial charge in [-0.05, 0) is 6.42 Å². The Labute approximate surface area is 117 Å². The van der Waals surface area contributed by atoms with Gasteiger partial charge in [0, 0.05) is 28.1 Å². The molecule has 0 spiro atoms. The third-order valence-corrected chi connectivity index (χ3v) is 2.93. The minimum Gasteiger partial charge on any atom is -0.303 e. The molecule has 0 radical (unpaired) electrons. The van der Waals surface area contributed by atoms with Crippen LogP contribution in [0.2, 0.25) is 0 Å². The van der Waals surface area contributed by atoms with Crippen LogP contribution in [-0.4, -0.2) is 6.29 Å². The summed E-state index contributed by atoms with van der Waals surface area (Å²) in [5.41, 5.74) is 0. The Hall–Kier alpha value is 0.384. The first-order valence-corrected chi connectivity index (χ1v) is 6.85. The Morgan fingerprint density at radius 3 is 1.44 bits per heavy atom. The summed E-state index contributed by atoms with van der Waals surface area (Å²) in [6.45, 7) is 2.26. The van der Waals surface area contributed by atoms with Crippen LogP contribution in [0.5, 0.6) is 0 Å². The number of aldehydes is 1. The zero-order valence-corrected chi connectivity index (χ0v) is 12.5. The third-order valence-electron chi connectivity index (χ3n) is 2.93. The fourth-order valence-corrected chi connectivity index (χ4v) is 1.89. The van der Waals surface area contributed by atoms with Crippen LogP contribution in [0.4, 0.5) is 0 Å². The quantitative estimate of drug-likeness (QED) is 0.277. The van der Waals surface area contributed by atoms with Crippen molar-refractivity contribution in [2.75, 3.05) is 0 Å². The molecule has 0 bridgehead atoms.